The van der Waals surface area contributed by atoms with Crippen molar-refractivity contribution >= 4 is 11.6 Å². The zero-order valence-corrected chi connectivity index (χ0v) is 11.8. The summed E-state index contributed by atoms with van der Waals surface area (Å²) in [6, 6.07) is 6.61. The molecule has 1 aliphatic heterocycles. The average molecular weight is 269 g/mol. The highest BCUT2D eigenvalue weighted by Gasteiger charge is 2.19. The molecule has 0 spiro atoms. The van der Waals surface area contributed by atoms with Crippen LogP contribution in [0.4, 0.5) is 0 Å². The van der Waals surface area contributed by atoms with E-state index in [0.29, 0.717) is 11.1 Å². The normalized spacial score (nSPS) is 20.3. The molecule has 1 aliphatic rings. The Hall–Kier alpha value is -0.770. The maximum Gasteiger partial charge on any atom is 0.137 e. The molecule has 4 heteroatoms. The molecule has 0 amide bonds. The van der Waals surface area contributed by atoms with Crippen LogP contribution in [-0.2, 0) is 6.54 Å². The van der Waals surface area contributed by atoms with E-state index in [1.54, 1.807) is 7.11 Å². The van der Waals surface area contributed by atoms with Crippen molar-refractivity contribution in [3.63, 3.8) is 0 Å². The van der Waals surface area contributed by atoms with E-state index in [0.717, 1.165) is 18.8 Å². The summed E-state index contributed by atoms with van der Waals surface area (Å²) < 4.78 is 5.14. The van der Waals surface area contributed by atoms with Crippen LogP contribution < -0.4 is 10.1 Å². The first-order valence-electron chi connectivity index (χ1n) is 6.44. The molecule has 0 radical (unpaired) electrons. The van der Waals surface area contributed by atoms with Gasteiger partial charge in [-0.15, -0.1) is 0 Å². The van der Waals surface area contributed by atoms with Crippen molar-refractivity contribution in [1.29, 1.82) is 0 Å². The van der Waals surface area contributed by atoms with Gasteiger partial charge < -0.3 is 15.0 Å². The van der Waals surface area contributed by atoms with Gasteiger partial charge in [0.2, 0.25) is 0 Å². The van der Waals surface area contributed by atoms with Crippen LogP contribution >= 0.6 is 11.6 Å². The third-order valence-electron chi connectivity index (χ3n) is 3.60. The van der Waals surface area contributed by atoms with Crippen molar-refractivity contribution in [3.05, 3.63) is 28.8 Å². The van der Waals surface area contributed by atoms with E-state index in [1.807, 2.05) is 12.1 Å². The van der Waals surface area contributed by atoms with E-state index in [2.05, 4.69) is 23.3 Å². The van der Waals surface area contributed by atoms with E-state index < -0.39 is 0 Å². The number of nitrogens with zero attached hydrogens (tertiary/aromatic N) is 1. The van der Waals surface area contributed by atoms with Crippen LogP contribution in [0.5, 0.6) is 5.75 Å². The van der Waals surface area contributed by atoms with Gasteiger partial charge in [0.25, 0.3) is 0 Å². The lowest BCUT2D eigenvalue weighted by molar-refractivity contribution is 0.300. The third-order valence-corrected chi connectivity index (χ3v) is 3.89. The van der Waals surface area contributed by atoms with Gasteiger partial charge in [-0.25, -0.2) is 0 Å². The molecule has 1 saturated heterocycles. The van der Waals surface area contributed by atoms with Crippen molar-refractivity contribution in [1.82, 2.24) is 10.2 Å². The number of likely N-dealkylation sites (tertiary alicyclic amines) is 1. The Balaban J connectivity index is 1.81. The van der Waals surface area contributed by atoms with Crippen molar-refractivity contribution in [2.75, 3.05) is 27.2 Å². The third kappa shape index (κ3) is 3.37. The molecular weight excluding hydrogens is 248 g/mol. The molecule has 1 aromatic rings. The second-order valence-electron chi connectivity index (χ2n) is 4.88. The Bertz CT molecular complexity index is 397. The SMILES string of the molecule is COc1ccc(CNCC2CCCN2C)cc1Cl. The second kappa shape index (κ2) is 6.41. The molecule has 0 aromatic heterocycles. The van der Waals surface area contributed by atoms with Crippen molar-refractivity contribution in [3.8, 4) is 5.75 Å². The number of ether oxygens (including phenoxy) is 1. The van der Waals surface area contributed by atoms with Gasteiger partial charge in [0.15, 0.2) is 0 Å². The number of hydrogen-bond acceptors (Lipinski definition) is 3. The minimum Gasteiger partial charge on any atom is -0.495 e. The van der Waals surface area contributed by atoms with Gasteiger partial charge in [-0.05, 0) is 44.1 Å². The Morgan fingerprint density at radius 3 is 2.94 bits per heavy atom. The van der Waals surface area contributed by atoms with E-state index in [1.165, 1.54) is 24.9 Å². The number of hydrogen-bond donors (Lipinski definition) is 1. The average Bonchev–Trinajstić information content (AvgIpc) is 2.75. The number of halogens is 1. The van der Waals surface area contributed by atoms with Gasteiger partial charge in [0, 0.05) is 19.1 Å². The molecule has 100 valence electrons. The topological polar surface area (TPSA) is 24.5 Å². The summed E-state index contributed by atoms with van der Waals surface area (Å²) in [6.07, 6.45) is 2.62. The lowest BCUT2D eigenvalue weighted by atomic mass is 10.2. The van der Waals surface area contributed by atoms with Crippen LogP contribution in [0, 0.1) is 0 Å². The molecule has 0 saturated carbocycles. The summed E-state index contributed by atoms with van der Waals surface area (Å²) >= 11 is 6.10. The van der Waals surface area contributed by atoms with Gasteiger partial charge in [-0.3, -0.25) is 0 Å². The smallest absolute Gasteiger partial charge is 0.137 e. The summed E-state index contributed by atoms with van der Waals surface area (Å²) in [5.41, 5.74) is 1.20. The van der Waals surface area contributed by atoms with E-state index in [9.17, 15) is 0 Å². The first-order chi connectivity index (χ1) is 8.70. The number of rotatable bonds is 5. The fraction of sp³-hybridized carbons (Fsp3) is 0.571. The standard InChI is InChI=1S/C14H21ClN2O/c1-17-7-3-4-12(17)10-16-9-11-5-6-14(18-2)13(15)8-11/h5-6,8,12,16H,3-4,7,9-10H2,1-2H3. The van der Waals surface area contributed by atoms with Crippen LogP contribution in [0.2, 0.25) is 5.02 Å². The highest BCUT2D eigenvalue weighted by molar-refractivity contribution is 6.32. The maximum absolute atomic E-state index is 6.10. The number of nitrogens with one attached hydrogen (secondary N) is 1. The van der Waals surface area contributed by atoms with Crippen LogP contribution in [-0.4, -0.2) is 38.2 Å². The number of benzene rings is 1. The zero-order valence-electron chi connectivity index (χ0n) is 11.1. The van der Waals surface area contributed by atoms with E-state index in [-0.39, 0.29) is 0 Å². The summed E-state index contributed by atoms with van der Waals surface area (Å²) in [5, 5.41) is 4.17. The summed E-state index contributed by atoms with van der Waals surface area (Å²) in [4.78, 5) is 2.42. The molecule has 1 heterocycles. The Labute approximate surface area is 114 Å². The molecule has 18 heavy (non-hydrogen) atoms. The van der Waals surface area contributed by atoms with Gasteiger partial charge in [0.05, 0.1) is 12.1 Å². The summed E-state index contributed by atoms with van der Waals surface area (Å²) in [7, 11) is 3.83. The molecule has 0 bridgehead atoms. The molecule has 2 rings (SSSR count). The first-order valence-corrected chi connectivity index (χ1v) is 6.82. The lowest BCUT2D eigenvalue weighted by Gasteiger charge is -2.19. The number of methoxy groups -OCH3 is 1. The van der Waals surface area contributed by atoms with Gasteiger partial charge >= 0.3 is 0 Å². The number of likely N-dealkylation sites (N-methyl/N-ethyl adjacent to an activating group) is 1. The van der Waals surface area contributed by atoms with Crippen LogP contribution in [0.3, 0.4) is 0 Å². The van der Waals surface area contributed by atoms with E-state index >= 15 is 0 Å². The van der Waals surface area contributed by atoms with Gasteiger partial charge in [-0.1, -0.05) is 17.7 Å². The first kappa shape index (κ1) is 13.7. The molecule has 1 unspecified atom stereocenters. The van der Waals surface area contributed by atoms with Crippen LogP contribution in [0.15, 0.2) is 18.2 Å². The van der Waals surface area contributed by atoms with Crippen LogP contribution in [0.25, 0.3) is 0 Å². The van der Waals surface area contributed by atoms with Gasteiger partial charge in [0.1, 0.15) is 5.75 Å². The molecule has 0 aliphatic carbocycles. The molecule has 1 aromatic carbocycles. The van der Waals surface area contributed by atoms with E-state index in [4.69, 9.17) is 16.3 Å². The highest BCUT2D eigenvalue weighted by Crippen LogP contribution is 2.24. The monoisotopic (exact) mass is 268 g/mol. The molecule has 1 N–H and O–H groups in total. The van der Waals surface area contributed by atoms with Crippen molar-refractivity contribution < 1.29 is 4.74 Å². The molecule has 3 nitrogen and oxygen atoms in total. The summed E-state index contributed by atoms with van der Waals surface area (Å²) in [5.74, 6) is 0.732. The molecular formula is C14H21ClN2O. The summed E-state index contributed by atoms with van der Waals surface area (Å²) in [6.45, 7) is 3.12. The maximum atomic E-state index is 6.10. The van der Waals surface area contributed by atoms with Crippen molar-refractivity contribution in [2.24, 2.45) is 0 Å². The largest absolute Gasteiger partial charge is 0.495 e. The highest BCUT2D eigenvalue weighted by atomic mass is 35.5. The fourth-order valence-electron chi connectivity index (χ4n) is 2.44. The van der Waals surface area contributed by atoms with Gasteiger partial charge in [-0.2, -0.15) is 0 Å². The Kier molecular flexibility index (Phi) is 4.87. The second-order valence-corrected chi connectivity index (χ2v) is 5.28. The van der Waals surface area contributed by atoms with Crippen LogP contribution in [0.1, 0.15) is 18.4 Å². The van der Waals surface area contributed by atoms with Crippen molar-refractivity contribution in [2.45, 2.75) is 25.4 Å². The molecule has 1 fully saturated rings. The fourth-order valence-corrected chi connectivity index (χ4v) is 2.72. The Morgan fingerprint density at radius 1 is 1.50 bits per heavy atom. The Morgan fingerprint density at radius 2 is 2.33 bits per heavy atom. The quantitative estimate of drug-likeness (QED) is 0.888. The minimum atomic E-state index is 0.676. The zero-order chi connectivity index (χ0) is 13.0. The lowest BCUT2D eigenvalue weighted by Crippen LogP contribution is -2.35. The predicted molar refractivity (Wildman–Crippen MR) is 75.4 cm³/mol. The predicted octanol–water partition coefficient (Wildman–Crippen LogP) is 2.53. The molecule has 1 atom stereocenters. The minimum absolute atomic E-state index is 0.676.